The maximum Gasteiger partial charge on any atom is 0.408 e. The molecular formula is C15H20N2O4. The van der Waals surface area contributed by atoms with Crippen LogP contribution in [0.15, 0.2) is 30.3 Å². The second kappa shape index (κ2) is 6.13. The molecule has 6 heteroatoms. The highest BCUT2D eigenvalue weighted by Crippen LogP contribution is 2.39. The SMILES string of the molecule is CN(C)C(=O)[C@@H](NC(=O)OCc1ccccc1)C1(O)CC1. The largest absolute Gasteiger partial charge is 0.445 e. The minimum absolute atomic E-state index is 0.119. The number of hydrogen-bond acceptors (Lipinski definition) is 4. The van der Waals surface area contributed by atoms with E-state index < -0.39 is 17.7 Å². The van der Waals surface area contributed by atoms with E-state index in [1.54, 1.807) is 14.1 Å². The molecule has 114 valence electrons. The smallest absolute Gasteiger partial charge is 0.408 e. The maximum absolute atomic E-state index is 12.0. The van der Waals surface area contributed by atoms with Gasteiger partial charge < -0.3 is 20.1 Å². The normalized spacial score (nSPS) is 16.7. The Bertz CT molecular complexity index is 512. The molecule has 6 nitrogen and oxygen atoms in total. The first-order valence-electron chi connectivity index (χ1n) is 6.83. The number of carbonyl (C=O) groups is 2. The fraction of sp³-hybridized carbons (Fsp3) is 0.467. The van der Waals surface area contributed by atoms with Crippen LogP contribution in [0.4, 0.5) is 4.79 Å². The Morgan fingerprint density at radius 1 is 1.33 bits per heavy atom. The number of aliphatic hydroxyl groups is 1. The number of hydrogen-bond donors (Lipinski definition) is 2. The highest BCUT2D eigenvalue weighted by atomic mass is 16.5. The molecule has 21 heavy (non-hydrogen) atoms. The van der Waals surface area contributed by atoms with E-state index >= 15 is 0 Å². The predicted molar refractivity (Wildman–Crippen MR) is 76.4 cm³/mol. The maximum atomic E-state index is 12.0. The van der Waals surface area contributed by atoms with Crippen LogP contribution in [-0.4, -0.2) is 47.7 Å². The van der Waals surface area contributed by atoms with Crippen LogP contribution in [-0.2, 0) is 16.1 Å². The van der Waals surface area contributed by atoms with Gasteiger partial charge in [-0.1, -0.05) is 30.3 Å². The molecule has 2 rings (SSSR count). The molecule has 0 spiro atoms. The molecule has 1 atom stereocenters. The van der Waals surface area contributed by atoms with Crippen molar-refractivity contribution in [2.24, 2.45) is 0 Å². The summed E-state index contributed by atoms with van der Waals surface area (Å²) in [5.74, 6) is -0.341. The van der Waals surface area contributed by atoms with Crippen molar-refractivity contribution in [3.05, 3.63) is 35.9 Å². The van der Waals surface area contributed by atoms with Crippen LogP contribution in [0.2, 0.25) is 0 Å². The first-order chi connectivity index (χ1) is 9.92. The zero-order valence-electron chi connectivity index (χ0n) is 12.2. The minimum Gasteiger partial charge on any atom is -0.445 e. The van der Waals surface area contributed by atoms with Crippen LogP contribution >= 0.6 is 0 Å². The molecule has 2 amide bonds. The topological polar surface area (TPSA) is 78.9 Å². The number of ether oxygens (including phenoxy) is 1. The summed E-state index contributed by atoms with van der Waals surface area (Å²) in [4.78, 5) is 25.2. The average molecular weight is 292 g/mol. The summed E-state index contributed by atoms with van der Waals surface area (Å²) in [6, 6.07) is 8.28. The highest BCUT2D eigenvalue weighted by Gasteiger charge is 2.52. The van der Waals surface area contributed by atoms with Crippen molar-refractivity contribution in [2.75, 3.05) is 14.1 Å². The molecule has 1 saturated carbocycles. The van der Waals surface area contributed by atoms with E-state index in [2.05, 4.69) is 5.32 Å². The summed E-state index contributed by atoms with van der Waals surface area (Å²) in [5, 5.41) is 12.6. The predicted octanol–water partition coefficient (Wildman–Crippen LogP) is 0.894. The van der Waals surface area contributed by atoms with E-state index in [1.165, 1.54) is 4.90 Å². The Morgan fingerprint density at radius 2 is 1.95 bits per heavy atom. The summed E-state index contributed by atoms with van der Waals surface area (Å²) in [7, 11) is 3.16. The number of amides is 2. The van der Waals surface area contributed by atoms with Crippen molar-refractivity contribution < 1.29 is 19.4 Å². The lowest BCUT2D eigenvalue weighted by molar-refractivity contribution is -0.134. The fourth-order valence-corrected chi connectivity index (χ4v) is 1.98. The van der Waals surface area contributed by atoms with Gasteiger partial charge in [-0.2, -0.15) is 0 Å². The van der Waals surface area contributed by atoms with Gasteiger partial charge in [-0.15, -0.1) is 0 Å². The molecule has 1 aliphatic rings. The van der Waals surface area contributed by atoms with Crippen molar-refractivity contribution in [3.8, 4) is 0 Å². The molecule has 0 saturated heterocycles. The van der Waals surface area contributed by atoms with Crippen molar-refractivity contribution in [1.29, 1.82) is 0 Å². The van der Waals surface area contributed by atoms with E-state index in [0.717, 1.165) is 5.56 Å². The van der Waals surface area contributed by atoms with Crippen LogP contribution in [0, 0.1) is 0 Å². The van der Waals surface area contributed by atoms with Gasteiger partial charge in [0, 0.05) is 14.1 Å². The highest BCUT2D eigenvalue weighted by molar-refractivity contribution is 5.87. The number of likely N-dealkylation sites (N-methyl/N-ethyl adjacent to an activating group) is 1. The second-order valence-corrected chi connectivity index (χ2v) is 5.48. The molecule has 1 aromatic carbocycles. The Balaban J connectivity index is 1.91. The summed E-state index contributed by atoms with van der Waals surface area (Å²) in [5.41, 5.74) is -0.291. The molecule has 0 unspecified atom stereocenters. The van der Waals surface area contributed by atoms with Crippen LogP contribution in [0.25, 0.3) is 0 Å². The van der Waals surface area contributed by atoms with Gasteiger partial charge in [0.05, 0.1) is 5.60 Å². The molecule has 0 aliphatic heterocycles. The van der Waals surface area contributed by atoms with Crippen molar-refractivity contribution in [3.63, 3.8) is 0 Å². The Morgan fingerprint density at radius 3 is 2.48 bits per heavy atom. The number of alkyl carbamates (subject to hydrolysis) is 1. The first-order valence-corrected chi connectivity index (χ1v) is 6.83. The number of nitrogens with zero attached hydrogens (tertiary/aromatic N) is 1. The van der Waals surface area contributed by atoms with Crippen LogP contribution in [0.3, 0.4) is 0 Å². The third-order valence-electron chi connectivity index (χ3n) is 3.46. The van der Waals surface area contributed by atoms with E-state index in [-0.39, 0.29) is 12.5 Å². The van der Waals surface area contributed by atoms with Crippen molar-refractivity contribution in [1.82, 2.24) is 10.2 Å². The molecular weight excluding hydrogens is 272 g/mol. The zero-order valence-corrected chi connectivity index (χ0v) is 12.2. The number of nitrogens with one attached hydrogen (secondary N) is 1. The van der Waals surface area contributed by atoms with Gasteiger partial charge in [0.15, 0.2) is 0 Å². The summed E-state index contributed by atoms with van der Waals surface area (Å²) >= 11 is 0. The van der Waals surface area contributed by atoms with Crippen LogP contribution < -0.4 is 5.32 Å². The lowest BCUT2D eigenvalue weighted by Crippen LogP contribution is -2.54. The van der Waals surface area contributed by atoms with Crippen molar-refractivity contribution >= 4 is 12.0 Å². The lowest BCUT2D eigenvalue weighted by atomic mass is 10.1. The van der Waals surface area contributed by atoms with E-state index in [4.69, 9.17) is 4.74 Å². The Kier molecular flexibility index (Phi) is 4.47. The third kappa shape index (κ3) is 3.95. The standard InChI is InChI=1S/C15H20N2O4/c1-17(2)13(18)12(15(20)8-9-15)16-14(19)21-10-11-6-4-3-5-7-11/h3-7,12,20H,8-10H2,1-2H3,(H,16,19)/t12-/m1/s1. The molecule has 1 fully saturated rings. The summed E-state index contributed by atoms with van der Waals surface area (Å²) in [6.07, 6.45) is 0.284. The van der Waals surface area contributed by atoms with Gasteiger partial charge >= 0.3 is 6.09 Å². The molecule has 0 radical (unpaired) electrons. The lowest BCUT2D eigenvalue weighted by Gasteiger charge is -2.25. The quantitative estimate of drug-likeness (QED) is 0.845. The van der Waals surface area contributed by atoms with Crippen molar-refractivity contribution in [2.45, 2.75) is 31.1 Å². The number of rotatable bonds is 5. The van der Waals surface area contributed by atoms with E-state index in [0.29, 0.717) is 12.8 Å². The summed E-state index contributed by atoms with van der Waals surface area (Å²) in [6.45, 7) is 0.119. The minimum atomic E-state index is -1.15. The molecule has 0 bridgehead atoms. The van der Waals surface area contributed by atoms with Gasteiger partial charge in [-0.3, -0.25) is 4.79 Å². The molecule has 2 N–H and O–H groups in total. The number of benzene rings is 1. The molecule has 1 aromatic rings. The van der Waals surface area contributed by atoms with Crippen LogP contribution in [0.5, 0.6) is 0 Å². The zero-order chi connectivity index (χ0) is 15.5. The van der Waals surface area contributed by atoms with Crippen LogP contribution in [0.1, 0.15) is 18.4 Å². The van der Waals surface area contributed by atoms with E-state index in [9.17, 15) is 14.7 Å². The van der Waals surface area contributed by atoms with Gasteiger partial charge in [0.25, 0.3) is 0 Å². The molecule has 0 aromatic heterocycles. The Hall–Kier alpha value is -2.08. The monoisotopic (exact) mass is 292 g/mol. The van der Waals surface area contributed by atoms with E-state index in [1.807, 2.05) is 30.3 Å². The molecule has 1 aliphatic carbocycles. The van der Waals surface area contributed by atoms with Gasteiger partial charge in [-0.05, 0) is 18.4 Å². The molecule has 0 heterocycles. The first kappa shape index (κ1) is 15.3. The summed E-state index contributed by atoms with van der Waals surface area (Å²) < 4.78 is 5.08. The van der Waals surface area contributed by atoms with Gasteiger partial charge in [0.2, 0.25) is 5.91 Å². The van der Waals surface area contributed by atoms with Gasteiger partial charge in [0.1, 0.15) is 12.6 Å². The number of carbonyl (C=O) groups excluding carboxylic acids is 2. The second-order valence-electron chi connectivity index (χ2n) is 5.48. The Labute approximate surface area is 123 Å². The average Bonchev–Trinajstić information content (AvgIpc) is 3.21. The fourth-order valence-electron chi connectivity index (χ4n) is 1.98. The third-order valence-corrected chi connectivity index (χ3v) is 3.46. The van der Waals surface area contributed by atoms with Gasteiger partial charge in [-0.25, -0.2) is 4.79 Å².